The van der Waals surface area contributed by atoms with Gasteiger partial charge in [-0.3, -0.25) is 14.4 Å². The number of amides is 2. The summed E-state index contributed by atoms with van der Waals surface area (Å²) in [7, 11) is 1.73. The molecule has 0 aliphatic carbocycles. The molecule has 1 aliphatic rings. The Bertz CT molecular complexity index is 379. The third-order valence-electron chi connectivity index (χ3n) is 3.46. The fraction of sp³-hybridized carbons (Fsp3) is 0.769. The number of piperidine rings is 1. The van der Waals surface area contributed by atoms with Gasteiger partial charge in [-0.2, -0.15) is 0 Å². The lowest BCUT2D eigenvalue weighted by Crippen LogP contribution is -2.49. The van der Waals surface area contributed by atoms with E-state index in [1.54, 1.807) is 25.8 Å². The predicted octanol–water partition coefficient (Wildman–Crippen LogP) is 0.614. The van der Waals surface area contributed by atoms with Crippen LogP contribution in [0.15, 0.2) is 0 Å². The maximum atomic E-state index is 12.1. The van der Waals surface area contributed by atoms with Gasteiger partial charge in [-0.25, -0.2) is 0 Å². The van der Waals surface area contributed by atoms with Gasteiger partial charge in [0, 0.05) is 37.9 Å². The van der Waals surface area contributed by atoms with E-state index in [1.807, 2.05) is 0 Å². The summed E-state index contributed by atoms with van der Waals surface area (Å²) in [6.45, 7) is 4.18. The molecule has 2 amide bonds. The van der Waals surface area contributed by atoms with Gasteiger partial charge < -0.3 is 15.3 Å². The van der Waals surface area contributed by atoms with E-state index < -0.39 is 11.5 Å². The molecular formula is C13H22N2O4. The molecule has 1 atom stereocenters. The minimum atomic E-state index is -0.878. The first kappa shape index (κ1) is 15.5. The number of carbonyl (C=O) groups excluding carboxylic acids is 2. The number of likely N-dealkylation sites (tertiary alicyclic amines) is 1. The largest absolute Gasteiger partial charge is 0.481 e. The highest BCUT2D eigenvalue weighted by Gasteiger charge is 2.31. The molecule has 0 aromatic carbocycles. The Hall–Kier alpha value is -1.59. The van der Waals surface area contributed by atoms with Crippen molar-refractivity contribution in [3.63, 3.8) is 0 Å². The van der Waals surface area contributed by atoms with Gasteiger partial charge in [0.15, 0.2) is 0 Å². The molecule has 6 nitrogen and oxygen atoms in total. The second-order valence-electron chi connectivity index (χ2n) is 5.77. The third-order valence-corrected chi connectivity index (χ3v) is 3.46. The Morgan fingerprint density at radius 3 is 2.63 bits per heavy atom. The normalized spacial score (nSPS) is 20.3. The van der Waals surface area contributed by atoms with Crippen LogP contribution in [0.2, 0.25) is 0 Å². The maximum absolute atomic E-state index is 12.1. The number of carbonyl (C=O) groups is 3. The minimum Gasteiger partial charge on any atom is -0.481 e. The summed E-state index contributed by atoms with van der Waals surface area (Å²) in [5.41, 5.74) is -0.568. The molecule has 108 valence electrons. The Balaban J connectivity index is 2.50. The van der Waals surface area contributed by atoms with Gasteiger partial charge in [-0.15, -0.1) is 0 Å². The fourth-order valence-electron chi connectivity index (χ4n) is 2.08. The fourth-order valence-corrected chi connectivity index (χ4v) is 2.08. The van der Waals surface area contributed by atoms with E-state index in [-0.39, 0.29) is 30.6 Å². The Labute approximate surface area is 113 Å². The molecule has 2 N–H and O–H groups in total. The molecule has 0 bridgehead atoms. The highest BCUT2D eigenvalue weighted by molar-refractivity contribution is 5.87. The van der Waals surface area contributed by atoms with Gasteiger partial charge >= 0.3 is 5.97 Å². The van der Waals surface area contributed by atoms with Crippen molar-refractivity contribution in [3.05, 3.63) is 0 Å². The van der Waals surface area contributed by atoms with E-state index in [0.717, 1.165) is 0 Å². The van der Waals surface area contributed by atoms with Crippen LogP contribution in [0.1, 0.15) is 39.5 Å². The zero-order valence-electron chi connectivity index (χ0n) is 11.7. The summed E-state index contributed by atoms with van der Waals surface area (Å²) < 4.78 is 0. The van der Waals surface area contributed by atoms with E-state index >= 15 is 0 Å². The number of carboxylic acids is 1. The SMILES string of the molecule is CN1CC[C@H](C(=O)NC(C)(C)CCC(=O)O)CC1=O. The van der Waals surface area contributed by atoms with Crippen molar-refractivity contribution in [2.75, 3.05) is 13.6 Å². The van der Waals surface area contributed by atoms with Crippen LogP contribution in [0, 0.1) is 5.92 Å². The molecular weight excluding hydrogens is 248 g/mol. The van der Waals surface area contributed by atoms with Crippen LogP contribution >= 0.6 is 0 Å². The molecule has 1 aliphatic heterocycles. The standard InChI is InChI=1S/C13H22N2O4/c1-13(2,6-4-11(17)18)14-12(19)9-5-7-15(3)10(16)8-9/h9H,4-8H2,1-3H3,(H,14,19)(H,17,18)/t9-/m0/s1. The van der Waals surface area contributed by atoms with E-state index in [0.29, 0.717) is 19.4 Å². The molecule has 0 spiro atoms. The summed E-state index contributed by atoms with van der Waals surface area (Å²) >= 11 is 0. The number of hydrogen-bond acceptors (Lipinski definition) is 3. The quantitative estimate of drug-likeness (QED) is 0.766. The van der Waals surface area contributed by atoms with Gasteiger partial charge in [0.1, 0.15) is 0 Å². The second kappa shape index (κ2) is 6.04. The Kier molecular flexibility index (Phi) is 4.91. The molecule has 0 aromatic rings. The topological polar surface area (TPSA) is 86.7 Å². The molecule has 6 heteroatoms. The van der Waals surface area contributed by atoms with Crippen molar-refractivity contribution < 1.29 is 19.5 Å². The van der Waals surface area contributed by atoms with Crippen molar-refractivity contribution in [1.29, 1.82) is 0 Å². The van der Waals surface area contributed by atoms with E-state index in [4.69, 9.17) is 5.11 Å². The van der Waals surface area contributed by atoms with Gasteiger partial charge in [0.25, 0.3) is 0 Å². The summed E-state index contributed by atoms with van der Waals surface area (Å²) in [6, 6.07) is 0. The summed E-state index contributed by atoms with van der Waals surface area (Å²) in [5.74, 6) is -1.35. The van der Waals surface area contributed by atoms with Crippen molar-refractivity contribution in [1.82, 2.24) is 10.2 Å². The predicted molar refractivity (Wildman–Crippen MR) is 69.5 cm³/mol. The van der Waals surface area contributed by atoms with Gasteiger partial charge in [-0.1, -0.05) is 0 Å². The molecule has 1 heterocycles. The van der Waals surface area contributed by atoms with E-state index in [2.05, 4.69) is 5.32 Å². The number of nitrogens with zero attached hydrogens (tertiary/aromatic N) is 1. The second-order valence-corrected chi connectivity index (χ2v) is 5.77. The highest BCUT2D eigenvalue weighted by Crippen LogP contribution is 2.19. The van der Waals surface area contributed by atoms with Gasteiger partial charge in [-0.05, 0) is 26.7 Å². The van der Waals surface area contributed by atoms with Crippen LogP contribution in [0.25, 0.3) is 0 Å². The zero-order chi connectivity index (χ0) is 14.6. The molecule has 0 aromatic heterocycles. The first-order valence-corrected chi connectivity index (χ1v) is 6.49. The number of rotatable bonds is 5. The van der Waals surface area contributed by atoms with Crippen molar-refractivity contribution in [2.24, 2.45) is 5.92 Å². The van der Waals surface area contributed by atoms with Crippen LogP contribution in [0.4, 0.5) is 0 Å². The number of nitrogens with one attached hydrogen (secondary N) is 1. The lowest BCUT2D eigenvalue weighted by molar-refractivity contribution is -0.140. The van der Waals surface area contributed by atoms with Crippen molar-refractivity contribution in [3.8, 4) is 0 Å². The van der Waals surface area contributed by atoms with Gasteiger partial charge in [0.05, 0.1) is 0 Å². The molecule has 19 heavy (non-hydrogen) atoms. The van der Waals surface area contributed by atoms with Crippen LogP contribution in [-0.2, 0) is 14.4 Å². The third kappa shape index (κ3) is 4.89. The molecule has 0 unspecified atom stereocenters. The Morgan fingerprint density at radius 1 is 1.47 bits per heavy atom. The smallest absolute Gasteiger partial charge is 0.303 e. The van der Waals surface area contributed by atoms with Gasteiger partial charge in [0.2, 0.25) is 11.8 Å². The van der Waals surface area contributed by atoms with Crippen molar-refractivity contribution >= 4 is 17.8 Å². The van der Waals surface area contributed by atoms with Crippen LogP contribution < -0.4 is 5.32 Å². The molecule has 0 saturated carbocycles. The number of carboxylic acid groups (broad SMARTS) is 1. The molecule has 1 rings (SSSR count). The highest BCUT2D eigenvalue weighted by atomic mass is 16.4. The van der Waals surface area contributed by atoms with Crippen LogP contribution in [-0.4, -0.2) is 46.9 Å². The first-order valence-electron chi connectivity index (χ1n) is 6.49. The van der Waals surface area contributed by atoms with E-state index in [9.17, 15) is 14.4 Å². The lowest BCUT2D eigenvalue weighted by Gasteiger charge is -2.32. The average molecular weight is 270 g/mol. The lowest BCUT2D eigenvalue weighted by atomic mass is 9.92. The van der Waals surface area contributed by atoms with Crippen LogP contribution in [0.5, 0.6) is 0 Å². The molecule has 1 fully saturated rings. The van der Waals surface area contributed by atoms with Crippen molar-refractivity contribution in [2.45, 2.75) is 45.1 Å². The van der Waals surface area contributed by atoms with Crippen LogP contribution in [0.3, 0.4) is 0 Å². The average Bonchev–Trinajstić information content (AvgIpc) is 2.29. The number of aliphatic carboxylic acids is 1. The molecule has 0 radical (unpaired) electrons. The molecule has 1 saturated heterocycles. The monoisotopic (exact) mass is 270 g/mol. The zero-order valence-corrected chi connectivity index (χ0v) is 11.7. The maximum Gasteiger partial charge on any atom is 0.303 e. The number of hydrogen-bond donors (Lipinski definition) is 2. The first-order chi connectivity index (χ1) is 8.71. The minimum absolute atomic E-state index is 0.0135. The van der Waals surface area contributed by atoms with E-state index in [1.165, 1.54) is 0 Å². The summed E-state index contributed by atoms with van der Waals surface area (Å²) in [5, 5.41) is 11.5. The summed E-state index contributed by atoms with van der Waals surface area (Å²) in [6.07, 6.45) is 1.27. The summed E-state index contributed by atoms with van der Waals surface area (Å²) in [4.78, 5) is 35.8. The Morgan fingerprint density at radius 2 is 2.11 bits per heavy atom.